The summed E-state index contributed by atoms with van der Waals surface area (Å²) in [5.74, 6) is 2.44. The molecule has 1 fully saturated rings. The Morgan fingerprint density at radius 2 is 2.06 bits per heavy atom. The standard InChI is InChI=1S/C20H30N6O3.2ClH/c1-13(21)20-24-18(10-14-6-7-16(28-2)17(9-14)29-3)25-26(20)12-19(27)23-15-5-4-8-22-11-15;;/h6-7,9,13,15,22H,4-5,8,10-12,21H2,1-3H3,(H,23,27);2*1H/t13-,15+;;/m1../s1. The number of hydrogen-bond donors (Lipinski definition) is 3. The van der Waals surface area contributed by atoms with E-state index in [1.165, 1.54) is 0 Å². The first-order valence-corrected chi connectivity index (χ1v) is 9.90. The van der Waals surface area contributed by atoms with E-state index in [0.29, 0.717) is 29.6 Å². The van der Waals surface area contributed by atoms with E-state index in [1.807, 2.05) is 25.1 Å². The molecule has 9 nitrogen and oxygen atoms in total. The maximum atomic E-state index is 12.5. The second-order valence-electron chi connectivity index (χ2n) is 7.31. The van der Waals surface area contributed by atoms with Gasteiger partial charge in [0.05, 0.1) is 20.3 Å². The fourth-order valence-corrected chi connectivity index (χ4v) is 3.49. The number of ether oxygens (including phenoxy) is 2. The highest BCUT2D eigenvalue weighted by molar-refractivity contribution is 5.85. The van der Waals surface area contributed by atoms with Crippen LogP contribution in [0.1, 0.15) is 43.0 Å². The lowest BCUT2D eigenvalue weighted by Crippen LogP contribution is -2.46. The van der Waals surface area contributed by atoms with Gasteiger partial charge in [0.15, 0.2) is 17.3 Å². The van der Waals surface area contributed by atoms with Crippen molar-refractivity contribution in [3.05, 3.63) is 35.4 Å². The molecule has 2 aromatic rings. The zero-order chi connectivity index (χ0) is 20.8. The predicted molar refractivity (Wildman–Crippen MR) is 124 cm³/mol. The summed E-state index contributed by atoms with van der Waals surface area (Å²) in [4.78, 5) is 17.0. The second-order valence-corrected chi connectivity index (χ2v) is 7.31. The van der Waals surface area contributed by atoms with Crippen LogP contribution in [0.3, 0.4) is 0 Å². The SMILES string of the molecule is COc1ccc(Cc2nc([C@@H](C)N)n(CC(=O)N[C@H]3CCCNC3)n2)cc1OC.Cl.Cl. The van der Waals surface area contributed by atoms with Crippen LogP contribution in [-0.2, 0) is 17.8 Å². The molecular weight excluding hydrogens is 443 g/mol. The summed E-state index contributed by atoms with van der Waals surface area (Å²) in [5.41, 5.74) is 7.04. The highest BCUT2D eigenvalue weighted by Gasteiger charge is 2.19. The Morgan fingerprint density at radius 1 is 1.32 bits per heavy atom. The normalized spacial score (nSPS) is 16.5. The topological polar surface area (TPSA) is 116 Å². The van der Waals surface area contributed by atoms with Crippen molar-refractivity contribution in [2.75, 3.05) is 27.3 Å². The number of nitrogens with one attached hydrogen (secondary N) is 2. The van der Waals surface area contributed by atoms with Crippen LogP contribution in [0.15, 0.2) is 18.2 Å². The van der Waals surface area contributed by atoms with Crippen molar-refractivity contribution < 1.29 is 14.3 Å². The average Bonchev–Trinajstić information content (AvgIpc) is 3.10. The molecule has 4 N–H and O–H groups in total. The molecule has 2 heterocycles. The largest absolute Gasteiger partial charge is 0.493 e. The first-order chi connectivity index (χ1) is 14.0. The van der Waals surface area contributed by atoms with Crippen molar-refractivity contribution in [3.8, 4) is 11.5 Å². The highest BCUT2D eigenvalue weighted by atomic mass is 35.5. The number of nitrogens with two attached hydrogens (primary N) is 1. The molecule has 1 aromatic heterocycles. The Morgan fingerprint density at radius 3 is 2.68 bits per heavy atom. The summed E-state index contributed by atoms with van der Waals surface area (Å²) >= 11 is 0. The Balaban J connectivity index is 0.00000240. The molecule has 1 aliphatic heterocycles. The van der Waals surface area contributed by atoms with Crippen LogP contribution in [0.4, 0.5) is 0 Å². The zero-order valence-electron chi connectivity index (χ0n) is 18.1. The summed E-state index contributed by atoms with van der Waals surface area (Å²) in [5, 5.41) is 10.9. The molecule has 3 rings (SSSR count). The Kier molecular flexibility index (Phi) is 11.1. The van der Waals surface area contributed by atoms with Gasteiger partial charge in [-0.15, -0.1) is 24.8 Å². The van der Waals surface area contributed by atoms with Crippen molar-refractivity contribution in [3.63, 3.8) is 0 Å². The fourth-order valence-electron chi connectivity index (χ4n) is 3.49. The number of carbonyl (C=O) groups excluding carboxylic acids is 1. The molecule has 31 heavy (non-hydrogen) atoms. The number of amides is 1. The van der Waals surface area contributed by atoms with E-state index in [4.69, 9.17) is 15.2 Å². The molecule has 0 radical (unpaired) electrons. The minimum atomic E-state index is -0.328. The summed E-state index contributed by atoms with van der Waals surface area (Å²) in [7, 11) is 3.20. The highest BCUT2D eigenvalue weighted by Crippen LogP contribution is 2.28. The van der Waals surface area contributed by atoms with Crippen molar-refractivity contribution in [1.29, 1.82) is 0 Å². The number of methoxy groups -OCH3 is 2. The molecular formula is C20H32Cl2N6O3. The van der Waals surface area contributed by atoms with Crippen molar-refractivity contribution in [1.82, 2.24) is 25.4 Å². The minimum absolute atomic E-state index is 0. The van der Waals surface area contributed by atoms with E-state index >= 15 is 0 Å². The van der Waals surface area contributed by atoms with Gasteiger partial charge in [-0.3, -0.25) is 4.79 Å². The van der Waals surface area contributed by atoms with Crippen molar-refractivity contribution >= 4 is 30.7 Å². The maximum Gasteiger partial charge on any atom is 0.242 e. The third-order valence-corrected chi connectivity index (χ3v) is 4.92. The van der Waals surface area contributed by atoms with Gasteiger partial charge in [-0.05, 0) is 44.0 Å². The van der Waals surface area contributed by atoms with Gasteiger partial charge < -0.3 is 25.8 Å². The third-order valence-electron chi connectivity index (χ3n) is 4.92. The number of halogens is 2. The van der Waals surface area contributed by atoms with Gasteiger partial charge >= 0.3 is 0 Å². The molecule has 1 amide bonds. The quantitative estimate of drug-likeness (QED) is 0.531. The number of hydrogen-bond acceptors (Lipinski definition) is 7. The lowest BCUT2D eigenvalue weighted by molar-refractivity contribution is -0.122. The molecule has 1 aliphatic rings. The van der Waals surface area contributed by atoms with E-state index < -0.39 is 0 Å². The molecule has 174 valence electrons. The predicted octanol–water partition coefficient (Wildman–Crippen LogP) is 1.62. The van der Waals surface area contributed by atoms with E-state index in [0.717, 1.165) is 31.5 Å². The molecule has 1 saturated heterocycles. The van der Waals surface area contributed by atoms with Crippen LogP contribution in [0.5, 0.6) is 11.5 Å². The summed E-state index contributed by atoms with van der Waals surface area (Å²) in [6.45, 7) is 3.74. The van der Waals surface area contributed by atoms with E-state index in [1.54, 1.807) is 18.9 Å². The summed E-state index contributed by atoms with van der Waals surface area (Å²) in [6.07, 6.45) is 2.55. The molecule has 0 unspecified atom stereocenters. The van der Waals surface area contributed by atoms with Crippen LogP contribution >= 0.6 is 24.8 Å². The monoisotopic (exact) mass is 474 g/mol. The lowest BCUT2D eigenvalue weighted by Gasteiger charge is -2.23. The number of carbonyl (C=O) groups is 1. The molecule has 2 atom stereocenters. The van der Waals surface area contributed by atoms with Gasteiger partial charge in [0.2, 0.25) is 5.91 Å². The summed E-state index contributed by atoms with van der Waals surface area (Å²) in [6, 6.07) is 5.52. The molecule has 0 bridgehead atoms. The van der Waals surface area contributed by atoms with Gasteiger partial charge in [0.25, 0.3) is 0 Å². The van der Waals surface area contributed by atoms with Gasteiger partial charge in [-0.1, -0.05) is 6.07 Å². The fraction of sp³-hybridized carbons (Fsp3) is 0.550. The molecule has 0 saturated carbocycles. The zero-order valence-corrected chi connectivity index (χ0v) is 19.7. The van der Waals surface area contributed by atoms with Gasteiger partial charge in [-0.25, -0.2) is 9.67 Å². The number of aromatic nitrogens is 3. The number of benzene rings is 1. The molecule has 0 spiro atoms. The van der Waals surface area contributed by atoms with Crippen LogP contribution in [0.2, 0.25) is 0 Å². The number of rotatable bonds is 8. The number of nitrogens with zero attached hydrogens (tertiary/aromatic N) is 3. The first-order valence-electron chi connectivity index (χ1n) is 9.90. The van der Waals surface area contributed by atoms with Gasteiger partial charge in [0.1, 0.15) is 12.4 Å². The average molecular weight is 475 g/mol. The Hall–Kier alpha value is -2.07. The van der Waals surface area contributed by atoms with Crippen LogP contribution in [0.25, 0.3) is 0 Å². The Bertz CT molecular complexity index is 840. The second kappa shape index (κ2) is 12.7. The maximum absolute atomic E-state index is 12.5. The van der Waals surface area contributed by atoms with E-state index in [2.05, 4.69) is 20.7 Å². The van der Waals surface area contributed by atoms with Gasteiger partial charge in [-0.2, -0.15) is 5.10 Å². The van der Waals surface area contributed by atoms with Gasteiger partial charge in [0, 0.05) is 19.0 Å². The smallest absolute Gasteiger partial charge is 0.242 e. The molecule has 0 aliphatic carbocycles. The van der Waals surface area contributed by atoms with Crippen molar-refractivity contribution in [2.45, 2.75) is 44.8 Å². The third kappa shape index (κ3) is 7.24. The minimum Gasteiger partial charge on any atom is -0.493 e. The Labute approximate surface area is 195 Å². The van der Waals surface area contributed by atoms with Crippen molar-refractivity contribution in [2.24, 2.45) is 5.73 Å². The van der Waals surface area contributed by atoms with Crippen LogP contribution < -0.4 is 25.8 Å². The lowest BCUT2D eigenvalue weighted by atomic mass is 10.1. The molecule has 11 heteroatoms. The van der Waals surface area contributed by atoms with Crippen LogP contribution in [0, 0.1) is 0 Å². The first kappa shape index (κ1) is 27.0. The molecule has 1 aromatic carbocycles. The number of piperidine rings is 1. The van der Waals surface area contributed by atoms with Crippen LogP contribution in [-0.4, -0.2) is 54.0 Å². The van der Waals surface area contributed by atoms with E-state index in [-0.39, 0.29) is 49.3 Å². The summed E-state index contributed by atoms with van der Waals surface area (Å²) < 4.78 is 12.2. The van der Waals surface area contributed by atoms with E-state index in [9.17, 15) is 4.79 Å².